The predicted octanol–water partition coefficient (Wildman–Crippen LogP) is 4.71. The van der Waals surface area contributed by atoms with Crippen molar-refractivity contribution in [3.63, 3.8) is 0 Å². The van der Waals surface area contributed by atoms with Crippen molar-refractivity contribution in [1.82, 2.24) is 15.3 Å². The topological polar surface area (TPSA) is 87.2 Å². The van der Waals surface area contributed by atoms with Crippen LogP contribution in [0.4, 0.5) is 26.7 Å². The third-order valence-corrected chi connectivity index (χ3v) is 5.04. The lowest BCUT2D eigenvalue weighted by atomic mass is 9.91. The third kappa shape index (κ3) is 5.70. The number of amides is 1. The molecule has 1 amide bonds. The van der Waals surface area contributed by atoms with E-state index < -0.39 is 40.8 Å². The zero-order chi connectivity index (χ0) is 25.3. The van der Waals surface area contributed by atoms with Gasteiger partial charge in [-0.1, -0.05) is 13.8 Å². The van der Waals surface area contributed by atoms with Gasteiger partial charge in [-0.05, 0) is 43.5 Å². The summed E-state index contributed by atoms with van der Waals surface area (Å²) in [5.41, 5.74) is -2.35. The zero-order valence-electron chi connectivity index (χ0n) is 18.5. The van der Waals surface area contributed by atoms with Crippen LogP contribution in [0.25, 0.3) is 22.2 Å². The van der Waals surface area contributed by atoms with Crippen molar-refractivity contribution < 1.29 is 36.6 Å². The van der Waals surface area contributed by atoms with Gasteiger partial charge in [-0.15, -0.1) is 0 Å². The highest BCUT2D eigenvalue weighted by atomic mass is 19.4. The first-order chi connectivity index (χ1) is 15.8. The van der Waals surface area contributed by atoms with Gasteiger partial charge >= 0.3 is 6.18 Å². The molecule has 11 heteroatoms. The molecule has 3 aromatic rings. The summed E-state index contributed by atoms with van der Waals surface area (Å²) in [5.74, 6) is -2.85. The lowest BCUT2D eigenvalue weighted by Gasteiger charge is -2.34. The molecule has 0 saturated carbocycles. The zero-order valence-corrected chi connectivity index (χ0v) is 18.5. The molecule has 1 N–H and O–H groups in total. The van der Waals surface area contributed by atoms with Crippen LogP contribution in [0.5, 0.6) is 5.75 Å². The number of carbonyl (C=O) groups excluding carboxylic acids is 1. The number of nitrogens with one attached hydrogen (secondary N) is 1. The standard InChI is InChI=1S/C23H22F5N3O3/c1-12(2)9-22(3,31-21(32)33)10-34-19-5-4-13(6-15(19)23(26,27)28)20-14-7-16(24)17(25)8-18(14)29-11-30-20/h4-8,11-12,31H,9-10H2,1-3H3,(H,32,33)/p-1. The molecule has 0 fully saturated rings. The Morgan fingerprint density at radius 1 is 1.12 bits per heavy atom. The molecular formula is C23H21F5N3O3-. The second kappa shape index (κ2) is 9.40. The fourth-order valence-corrected chi connectivity index (χ4v) is 3.84. The number of hydrogen-bond donors (Lipinski definition) is 1. The molecule has 0 bridgehead atoms. The Kier molecular flexibility index (Phi) is 6.94. The first-order valence-electron chi connectivity index (χ1n) is 10.2. The van der Waals surface area contributed by atoms with E-state index in [4.69, 9.17) is 4.74 Å². The minimum atomic E-state index is -4.83. The molecule has 0 aliphatic carbocycles. The normalized spacial score (nSPS) is 13.7. The SMILES string of the molecule is CC(C)CC(C)(COc1ccc(-c2ncnc3cc(F)c(F)cc23)cc1C(F)(F)F)NC(=O)[O-]. The van der Waals surface area contributed by atoms with Gasteiger partial charge in [-0.25, -0.2) is 18.7 Å². The number of halogens is 5. The lowest BCUT2D eigenvalue weighted by Crippen LogP contribution is -2.55. The van der Waals surface area contributed by atoms with Crippen molar-refractivity contribution in [1.29, 1.82) is 0 Å². The molecule has 1 aromatic heterocycles. The van der Waals surface area contributed by atoms with Crippen LogP contribution < -0.4 is 15.2 Å². The molecular weight excluding hydrogens is 461 g/mol. The number of alkyl halides is 3. The van der Waals surface area contributed by atoms with Gasteiger partial charge in [0, 0.05) is 17.0 Å². The Hall–Kier alpha value is -3.50. The number of carbonyl (C=O) groups is 1. The van der Waals surface area contributed by atoms with Crippen LogP contribution in [0.1, 0.15) is 32.8 Å². The fraction of sp³-hybridized carbons (Fsp3) is 0.348. The highest BCUT2D eigenvalue weighted by molar-refractivity contribution is 5.92. The molecule has 182 valence electrons. The first kappa shape index (κ1) is 25.1. The summed E-state index contributed by atoms with van der Waals surface area (Å²) in [4.78, 5) is 18.9. The van der Waals surface area contributed by atoms with Gasteiger partial charge in [0.15, 0.2) is 11.6 Å². The third-order valence-electron chi connectivity index (χ3n) is 5.04. The minimum Gasteiger partial charge on any atom is -0.530 e. The van der Waals surface area contributed by atoms with Gasteiger partial charge < -0.3 is 20.0 Å². The second-order valence-corrected chi connectivity index (χ2v) is 8.57. The lowest BCUT2D eigenvalue weighted by molar-refractivity contribution is -0.253. The molecule has 0 aliphatic rings. The number of carboxylic acid groups (broad SMARTS) is 1. The number of rotatable bonds is 7. The van der Waals surface area contributed by atoms with Crippen LogP contribution in [-0.4, -0.2) is 28.2 Å². The van der Waals surface area contributed by atoms with E-state index in [0.717, 1.165) is 30.6 Å². The van der Waals surface area contributed by atoms with Gasteiger partial charge in [0.25, 0.3) is 0 Å². The Labute approximate surface area is 191 Å². The van der Waals surface area contributed by atoms with E-state index in [-0.39, 0.29) is 41.1 Å². The molecule has 1 atom stereocenters. The molecule has 1 unspecified atom stereocenters. The Balaban J connectivity index is 2.02. The Bertz CT molecular complexity index is 1220. The maximum Gasteiger partial charge on any atom is 0.419 e. The van der Waals surface area contributed by atoms with Crippen LogP contribution in [0, 0.1) is 17.6 Å². The van der Waals surface area contributed by atoms with Crippen LogP contribution in [0.2, 0.25) is 0 Å². The molecule has 34 heavy (non-hydrogen) atoms. The van der Waals surface area contributed by atoms with Crippen LogP contribution >= 0.6 is 0 Å². The summed E-state index contributed by atoms with van der Waals surface area (Å²) in [6, 6.07) is 4.79. The van der Waals surface area contributed by atoms with Crippen LogP contribution in [-0.2, 0) is 6.18 Å². The van der Waals surface area contributed by atoms with E-state index in [1.54, 1.807) is 0 Å². The molecule has 2 aromatic carbocycles. The summed E-state index contributed by atoms with van der Waals surface area (Å²) >= 11 is 0. The fourth-order valence-electron chi connectivity index (χ4n) is 3.84. The summed E-state index contributed by atoms with van der Waals surface area (Å²) < 4.78 is 74.4. The highest BCUT2D eigenvalue weighted by Crippen LogP contribution is 2.40. The monoisotopic (exact) mass is 482 g/mol. The van der Waals surface area contributed by atoms with Crippen LogP contribution in [0.3, 0.4) is 0 Å². The Morgan fingerprint density at radius 2 is 1.79 bits per heavy atom. The average molecular weight is 482 g/mol. The van der Waals surface area contributed by atoms with E-state index in [9.17, 15) is 31.9 Å². The molecule has 0 radical (unpaired) electrons. The Morgan fingerprint density at radius 3 is 2.41 bits per heavy atom. The number of fused-ring (bicyclic) bond motifs is 1. The summed E-state index contributed by atoms with van der Waals surface area (Å²) in [6.45, 7) is 4.77. The van der Waals surface area contributed by atoms with E-state index in [1.165, 1.54) is 13.0 Å². The van der Waals surface area contributed by atoms with Crippen molar-refractivity contribution >= 4 is 17.0 Å². The van der Waals surface area contributed by atoms with E-state index in [0.29, 0.717) is 0 Å². The maximum absolute atomic E-state index is 13.9. The van der Waals surface area contributed by atoms with Gasteiger partial charge in [0.05, 0.1) is 22.3 Å². The molecule has 0 saturated heterocycles. The van der Waals surface area contributed by atoms with Crippen LogP contribution in [0.15, 0.2) is 36.7 Å². The summed E-state index contributed by atoms with van der Waals surface area (Å²) in [6.07, 6.45) is -5.08. The minimum absolute atomic E-state index is 0.0150. The van der Waals surface area contributed by atoms with Gasteiger partial charge in [0.2, 0.25) is 0 Å². The summed E-state index contributed by atoms with van der Waals surface area (Å²) in [5, 5.41) is 13.3. The van der Waals surface area contributed by atoms with Gasteiger partial charge in [-0.2, -0.15) is 13.2 Å². The van der Waals surface area contributed by atoms with Crippen molar-refractivity contribution in [3.8, 4) is 17.0 Å². The number of aromatic nitrogens is 2. The van der Waals surface area contributed by atoms with Crippen molar-refractivity contribution in [2.24, 2.45) is 5.92 Å². The quantitative estimate of drug-likeness (QED) is 0.493. The number of hydrogen-bond acceptors (Lipinski definition) is 5. The molecule has 0 spiro atoms. The summed E-state index contributed by atoms with van der Waals surface area (Å²) in [7, 11) is 0. The van der Waals surface area contributed by atoms with Crippen molar-refractivity contribution in [3.05, 3.63) is 53.9 Å². The number of ether oxygens (including phenoxy) is 1. The molecule has 0 aliphatic heterocycles. The second-order valence-electron chi connectivity index (χ2n) is 8.57. The van der Waals surface area contributed by atoms with E-state index >= 15 is 0 Å². The molecule has 6 nitrogen and oxygen atoms in total. The maximum atomic E-state index is 13.9. The number of benzene rings is 2. The van der Waals surface area contributed by atoms with Gasteiger partial charge in [-0.3, -0.25) is 0 Å². The largest absolute Gasteiger partial charge is 0.530 e. The number of nitrogens with zero attached hydrogens (tertiary/aromatic N) is 2. The average Bonchev–Trinajstić information content (AvgIpc) is 2.71. The predicted molar refractivity (Wildman–Crippen MR) is 112 cm³/mol. The van der Waals surface area contributed by atoms with Crippen molar-refractivity contribution in [2.45, 2.75) is 38.9 Å². The first-order valence-corrected chi connectivity index (χ1v) is 10.2. The molecule has 3 rings (SSSR count). The highest BCUT2D eigenvalue weighted by Gasteiger charge is 2.36. The van der Waals surface area contributed by atoms with E-state index in [2.05, 4.69) is 15.3 Å². The smallest absolute Gasteiger partial charge is 0.419 e. The van der Waals surface area contributed by atoms with Gasteiger partial charge in [0.1, 0.15) is 24.8 Å². The van der Waals surface area contributed by atoms with E-state index in [1.807, 2.05) is 13.8 Å². The van der Waals surface area contributed by atoms with Crippen molar-refractivity contribution in [2.75, 3.05) is 6.61 Å². The molecule has 1 heterocycles.